The van der Waals surface area contributed by atoms with Gasteiger partial charge in [-0.3, -0.25) is 9.48 Å². The number of aromatic nitrogens is 2. The van der Waals surface area contributed by atoms with Gasteiger partial charge in [0.05, 0.1) is 12.2 Å². The summed E-state index contributed by atoms with van der Waals surface area (Å²) in [5.74, 6) is 0.751. The predicted octanol–water partition coefficient (Wildman–Crippen LogP) is 4.03. The number of hydrogen-bond donors (Lipinski definition) is 2. The van der Waals surface area contributed by atoms with Gasteiger partial charge >= 0.3 is 0 Å². The quantitative estimate of drug-likeness (QED) is 0.574. The molecule has 6 heteroatoms. The van der Waals surface area contributed by atoms with Crippen molar-refractivity contribution in [3.8, 4) is 11.3 Å². The Balaban J connectivity index is 0.00000256. The van der Waals surface area contributed by atoms with Crippen LogP contribution in [0.25, 0.3) is 11.3 Å². The molecule has 0 bridgehead atoms. The largest absolute Gasteiger partial charge is 0.352 e. The number of amides is 1. The fourth-order valence-corrected chi connectivity index (χ4v) is 3.86. The number of nitrogens with one attached hydrogen (secondary N) is 2. The highest BCUT2D eigenvalue weighted by Crippen LogP contribution is 2.22. The van der Waals surface area contributed by atoms with E-state index in [1.165, 1.54) is 12.0 Å². The van der Waals surface area contributed by atoms with Crippen LogP contribution in [0.1, 0.15) is 30.4 Å². The smallest absolute Gasteiger partial charge is 0.220 e. The maximum Gasteiger partial charge on any atom is 0.220 e. The van der Waals surface area contributed by atoms with E-state index in [2.05, 4.69) is 41.1 Å². The van der Waals surface area contributed by atoms with Crippen molar-refractivity contribution >= 4 is 18.3 Å². The minimum atomic E-state index is 0. The summed E-state index contributed by atoms with van der Waals surface area (Å²) < 4.78 is 1.96. The highest BCUT2D eigenvalue weighted by molar-refractivity contribution is 5.85. The molecule has 1 aromatic heterocycles. The highest BCUT2D eigenvalue weighted by Gasteiger charge is 2.16. The number of nitrogens with zero attached hydrogens (tertiary/aromatic N) is 2. The topological polar surface area (TPSA) is 59.0 Å². The van der Waals surface area contributed by atoms with Crippen molar-refractivity contribution in [1.29, 1.82) is 0 Å². The molecule has 1 aliphatic heterocycles. The van der Waals surface area contributed by atoms with Crippen LogP contribution in [0.2, 0.25) is 0 Å². The zero-order valence-electron chi connectivity index (χ0n) is 17.1. The monoisotopic (exact) mass is 424 g/mol. The SMILES string of the molecule is Cl.O=C(CCC1CCNC1)NCc1cn(Cc2ccccc2)nc1-c1ccccc1. The molecule has 1 atom stereocenters. The third-order valence-electron chi connectivity index (χ3n) is 5.49. The van der Waals surface area contributed by atoms with Gasteiger partial charge in [-0.05, 0) is 37.4 Å². The van der Waals surface area contributed by atoms with Gasteiger partial charge in [0.1, 0.15) is 0 Å². The zero-order valence-corrected chi connectivity index (χ0v) is 17.9. The second-order valence-corrected chi connectivity index (χ2v) is 7.73. The van der Waals surface area contributed by atoms with Gasteiger partial charge in [0.2, 0.25) is 5.91 Å². The molecule has 1 saturated heterocycles. The Morgan fingerprint density at radius 3 is 2.53 bits per heavy atom. The third-order valence-corrected chi connectivity index (χ3v) is 5.49. The van der Waals surface area contributed by atoms with E-state index >= 15 is 0 Å². The summed E-state index contributed by atoms with van der Waals surface area (Å²) in [6, 6.07) is 20.5. The summed E-state index contributed by atoms with van der Waals surface area (Å²) in [6.07, 6.45) is 4.77. The van der Waals surface area contributed by atoms with Gasteiger partial charge in [-0.1, -0.05) is 60.7 Å². The average molecular weight is 425 g/mol. The first-order chi connectivity index (χ1) is 14.3. The van der Waals surface area contributed by atoms with Gasteiger partial charge in [0, 0.05) is 30.3 Å². The van der Waals surface area contributed by atoms with Crippen molar-refractivity contribution in [2.45, 2.75) is 32.4 Å². The number of halogens is 1. The van der Waals surface area contributed by atoms with E-state index < -0.39 is 0 Å². The predicted molar refractivity (Wildman–Crippen MR) is 123 cm³/mol. The molecule has 30 heavy (non-hydrogen) atoms. The van der Waals surface area contributed by atoms with Crippen LogP contribution in [0.4, 0.5) is 0 Å². The van der Waals surface area contributed by atoms with Crippen molar-refractivity contribution in [3.63, 3.8) is 0 Å². The van der Waals surface area contributed by atoms with Gasteiger partial charge in [-0.25, -0.2) is 0 Å². The molecule has 2 heterocycles. The zero-order chi connectivity index (χ0) is 19.9. The number of rotatable bonds is 8. The summed E-state index contributed by atoms with van der Waals surface area (Å²) >= 11 is 0. The van der Waals surface area contributed by atoms with E-state index in [9.17, 15) is 4.79 Å². The summed E-state index contributed by atoms with van der Waals surface area (Å²) in [5.41, 5.74) is 4.25. The van der Waals surface area contributed by atoms with Crippen LogP contribution in [0.5, 0.6) is 0 Å². The fraction of sp³-hybridized carbons (Fsp3) is 0.333. The van der Waals surface area contributed by atoms with E-state index in [1.807, 2.05) is 41.1 Å². The van der Waals surface area contributed by atoms with Crippen LogP contribution in [0.15, 0.2) is 66.9 Å². The Hall–Kier alpha value is -2.63. The van der Waals surface area contributed by atoms with E-state index in [4.69, 9.17) is 5.10 Å². The van der Waals surface area contributed by atoms with Crippen molar-refractivity contribution < 1.29 is 4.79 Å². The molecule has 5 nitrogen and oxygen atoms in total. The van der Waals surface area contributed by atoms with Crippen LogP contribution in [0.3, 0.4) is 0 Å². The molecule has 0 saturated carbocycles. The highest BCUT2D eigenvalue weighted by atomic mass is 35.5. The standard InChI is InChI=1S/C24H28N4O.ClH/c29-23(12-11-19-13-14-25-15-19)26-16-22-18-28(17-20-7-3-1-4-8-20)27-24(22)21-9-5-2-6-10-21;/h1-10,18-19,25H,11-17H2,(H,26,29);1H. The Kier molecular flexibility index (Phi) is 8.05. The first-order valence-electron chi connectivity index (χ1n) is 10.4. The normalized spacial score (nSPS) is 15.5. The molecule has 1 unspecified atom stereocenters. The molecule has 2 N–H and O–H groups in total. The van der Waals surface area contributed by atoms with Crippen molar-refractivity contribution in [2.24, 2.45) is 5.92 Å². The summed E-state index contributed by atoms with van der Waals surface area (Å²) in [5, 5.41) is 11.3. The lowest BCUT2D eigenvalue weighted by Crippen LogP contribution is -2.23. The van der Waals surface area contributed by atoms with Crippen LogP contribution >= 0.6 is 12.4 Å². The maximum atomic E-state index is 12.4. The summed E-state index contributed by atoms with van der Waals surface area (Å²) in [7, 11) is 0. The molecule has 0 spiro atoms. The van der Waals surface area contributed by atoms with Crippen LogP contribution in [-0.2, 0) is 17.9 Å². The van der Waals surface area contributed by atoms with Crippen molar-refractivity contribution in [2.75, 3.05) is 13.1 Å². The van der Waals surface area contributed by atoms with Gasteiger partial charge in [0.15, 0.2) is 0 Å². The lowest BCUT2D eigenvalue weighted by atomic mass is 10.0. The number of benzene rings is 2. The molecule has 0 aliphatic carbocycles. The Labute approximate surface area is 184 Å². The third kappa shape index (κ3) is 5.94. The van der Waals surface area contributed by atoms with E-state index in [-0.39, 0.29) is 18.3 Å². The van der Waals surface area contributed by atoms with Gasteiger partial charge in [0.25, 0.3) is 0 Å². The van der Waals surface area contributed by atoms with E-state index in [1.54, 1.807) is 0 Å². The van der Waals surface area contributed by atoms with Crippen molar-refractivity contribution in [3.05, 3.63) is 78.0 Å². The molecule has 1 amide bonds. The number of carbonyl (C=O) groups excluding carboxylic acids is 1. The molecular weight excluding hydrogens is 396 g/mol. The second kappa shape index (κ2) is 11.0. The molecule has 2 aromatic carbocycles. The van der Waals surface area contributed by atoms with Gasteiger partial charge in [-0.15, -0.1) is 12.4 Å². The fourth-order valence-electron chi connectivity index (χ4n) is 3.86. The molecule has 1 aliphatic rings. The van der Waals surface area contributed by atoms with Gasteiger partial charge in [-0.2, -0.15) is 5.10 Å². The minimum absolute atomic E-state index is 0. The Bertz CT molecular complexity index is 921. The molecule has 4 rings (SSSR count). The lowest BCUT2D eigenvalue weighted by molar-refractivity contribution is -0.121. The van der Waals surface area contributed by atoms with Crippen LogP contribution in [0, 0.1) is 5.92 Å². The first-order valence-corrected chi connectivity index (χ1v) is 10.4. The molecule has 1 fully saturated rings. The molecule has 3 aromatic rings. The Morgan fingerprint density at radius 1 is 1.10 bits per heavy atom. The molecular formula is C24H29ClN4O. The lowest BCUT2D eigenvalue weighted by Gasteiger charge is -2.09. The molecule has 158 valence electrons. The summed E-state index contributed by atoms with van der Waals surface area (Å²) in [4.78, 5) is 12.4. The number of carbonyl (C=O) groups is 1. The van der Waals surface area contributed by atoms with E-state index in [0.29, 0.717) is 25.4 Å². The maximum absolute atomic E-state index is 12.4. The number of hydrogen-bond acceptors (Lipinski definition) is 3. The minimum Gasteiger partial charge on any atom is -0.352 e. The van der Waals surface area contributed by atoms with Crippen LogP contribution < -0.4 is 10.6 Å². The van der Waals surface area contributed by atoms with Gasteiger partial charge < -0.3 is 10.6 Å². The van der Waals surface area contributed by atoms with Crippen molar-refractivity contribution in [1.82, 2.24) is 20.4 Å². The summed E-state index contributed by atoms with van der Waals surface area (Å²) in [6.45, 7) is 3.33. The van der Waals surface area contributed by atoms with E-state index in [0.717, 1.165) is 36.3 Å². The second-order valence-electron chi connectivity index (χ2n) is 7.73. The molecule has 0 radical (unpaired) electrons. The first kappa shape index (κ1) is 22.1. The average Bonchev–Trinajstić information content (AvgIpc) is 3.42. The Morgan fingerprint density at radius 2 is 1.83 bits per heavy atom. The van der Waals surface area contributed by atoms with Crippen LogP contribution in [-0.4, -0.2) is 28.8 Å².